The van der Waals surface area contributed by atoms with Crippen LogP contribution in [0.2, 0.25) is 20.1 Å². The normalized spacial score (nSPS) is 17.5. The standard InChI is InChI=1S/C28H22Cl4F6N6O2S2/c1-10-9-45-26(46-10)19-23(48-4)25(44(42-19)21-16(31)7-13(8-17(21)32)28(36,37)38)40-11(2)18-22(47-3)24(39)43(41-18)20-14(29)5-12(6-15(20)30)27(33,34)35/h5-8,10,26H,9,39H2,1-4H3. The van der Waals surface area contributed by atoms with Crippen LogP contribution in [-0.2, 0) is 21.8 Å². The molecule has 1 aliphatic rings. The van der Waals surface area contributed by atoms with Gasteiger partial charge in [-0.15, -0.1) is 23.5 Å². The van der Waals surface area contributed by atoms with E-state index in [9.17, 15) is 26.3 Å². The van der Waals surface area contributed by atoms with Crippen molar-refractivity contribution in [3.05, 3.63) is 66.9 Å². The molecule has 0 radical (unpaired) electrons. The molecular weight excluding hydrogens is 772 g/mol. The fraction of sp³-hybridized carbons (Fsp3) is 0.321. The van der Waals surface area contributed by atoms with E-state index < -0.39 is 29.8 Å². The average Bonchev–Trinajstić information content (AvgIpc) is 3.66. The number of benzene rings is 2. The van der Waals surface area contributed by atoms with Gasteiger partial charge in [-0.1, -0.05) is 46.4 Å². The van der Waals surface area contributed by atoms with Crippen LogP contribution in [0.3, 0.4) is 0 Å². The molecule has 0 spiro atoms. The monoisotopic (exact) mass is 792 g/mol. The largest absolute Gasteiger partial charge is 0.416 e. The molecule has 3 heterocycles. The molecule has 5 rings (SSSR count). The van der Waals surface area contributed by atoms with Gasteiger partial charge in [0.2, 0.25) is 6.29 Å². The molecule has 8 nitrogen and oxygen atoms in total. The summed E-state index contributed by atoms with van der Waals surface area (Å²) in [5.41, 5.74) is 4.77. The molecule has 2 unspecified atom stereocenters. The van der Waals surface area contributed by atoms with Crippen molar-refractivity contribution in [1.29, 1.82) is 0 Å². The number of rotatable bonds is 7. The maximum absolute atomic E-state index is 13.5. The lowest BCUT2D eigenvalue weighted by Crippen LogP contribution is -2.09. The van der Waals surface area contributed by atoms with Gasteiger partial charge in [0.15, 0.2) is 5.82 Å². The van der Waals surface area contributed by atoms with Gasteiger partial charge in [0.05, 0.1) is 59.4 Å². The maximum atomic E-state index is 13.5. The van der Waals surface area contributed by atoms with Crippen molar-refractivity contribution >= 4 is 87.3 Å². The van der Waals surface area contributed by atoms with Crippen LogP contribution in [0, 0.1) is 0 Å². The number of thioether (sulfide) groups is 2. The SMILES string of the molecule is CSc1c(C(C)=Nc2c(SC)c(C3OCC(C)O3)nn2-c2c(Cl)cc(C(F)(F)F)cc2Cl)nn(-c2c(Cl)cc(C(F)(F)F)cc2Cl)c1N. The van der Waals surface area contributed by atoms with Crippen molar-refractivity contribution in [2.45, 2.75) is 48.4 Å². The van der Waals surface area contributed by atoms with Crippen molar-refractivity contribution in [1.82, 2.24) is 19.6 Å². The Kier molecular flexibility index (Phi) is 10.6. The second-order valence-corrected chi connectivity index (χ2v) is 13.5. The first-order valence-electron chi connectivity index (χ1n) is 13.4. The van der Waals surface area contributed by atoms with Crippen LogP contribution in [-0.4, -0.2) is 50.5 Å². The number of ether oxygens (including phenoxy) is 2. The van der Waals surface area contributed by atoms with E-state index >= 15 is 0 Å². The molecule has 2 aromatic carbocycles. The molecule has 20 heteroatoms. The zero-order valence-corrected chi connectivity index (χ0v) is 29.6. The highest BCUT2D eigenvalue weighted by Gasteiger charge is 2.36. The van der Waals surface area contributed by atoms with Crippen LogP contribution in [0.5, 0.6) is 0 Å². The fourth-order valence-electron chi connectivity index (χ4n) is 4.77. The third-order valence-electron chi connectivity index (χ3n) is 6.92. The first-order chi connectivity index (χ1) is 22.4. The molecule has 1 saturated heterocycles. The third kappa shape index (κ3) is 6.99. The van der Waals surface area contributed by atoms with Crippen molar-refractivity contribution < 1.29 is 35.8 Å². The number of halogens is 10. The molecule has 1 aliphatic heterocycles. The van der Waals surface area contributed by atoms with Crippen LogP contribution in [0.25, 0.3) is 11.4 Å². The molecular formula is C28H22Cl4F6N6O2S2. The summed E-state index contributed by atoms with van der Waals surface area (Å²) in [6.07, 6.45) is -7.23. The Hall–Kier alpha value is -2.31. The van der Waals surface area contributed by atoms with Crippen LogP contribution in [0.4, 0.5) is 38.0 Å². The third-order valence-corrected chi connectivity index (χ3v) is 9.68. The number of nitrogens with zero attached hydrogens (tertiary/aromatic N) is 5. The van der Waals surface area contributed by atoms with E-state index in [1.54, 1.807) is 26.4 Å². The van der Waals surface area contributed by atoms with Gasteiger partial charge in [0, 0.05) is 0 Å². The minimum atomic E-state index is -4.73. The molecule has 0 aliphatic carbocycles. The van der Waals surface area contributed by atoms with Crippen molar-refractivity contribution in [2.75, 3.05) is 24.9 Å². The predicted octanol–water partition coefficient (Wildman–Crippen LogP) is 10.3. The van der Waals surface area contributed by atoms with E-state index in [0.717, 1.165) is 16.8 Å². The van der Waals surface area contributed by atoms with Gasteiger partial charge in [-0.3, -0.25) is 0 Å². The van der Waals surface area contributed by atoms with Crippen LogP contribution in [0.15, 0.2) is 39.0 Å². The Balaban J connectivity index is 1.72. The summed E-state index contributed by atoms with van der Waals surface area (Å²) in [7, 11) is 0. The summed E-state index contributed by atoms with van der Waals surface area (Å²) in [6, 6.07) is 2.86. The Bertz CT molecular complexity index is 1890. The maximum Gasteiger partial charge on any atom is 0.416 e. The molecule has 0 bridgehead atoms. The number of aliphatic imine (C=N–C) groups is 1. The number of hydrogen-bond donors (Lipinski definition) is 1. The van der Waals surface area contributed by atoms with E-state index in [2.05, 4.69) is 10.2 Å². The predicted molar refractivity (Wildman–Crippen MR) is 176 cm³/mol. The summed E-state index contributed by atoms with van der Waals surface area (Å²) in [5, 5.41) is 7.67. The number of aromatic nitrogens is 4. The first kappa shape index (κ1) is 37.0. The zero-order valence-electron chi connectivity index (χ0n) is 24.9. The molecule has 0 saturated carbocycles. The summed E-state index contributed by atoms with van der Waals surface area (Å²) >= 11 is 27.7. The fourth-order valence-corrected chi connectivity index (χ4v) is 7.40. The smallest absolute Gasteiger partial charge is 0.383 e. The van der Waals surface area contributed by atoms with Crippen LogP contribution < -0.4 is 5.73 Å². The average molecular weight is 794 g/mol. The number of nitrogens with two attached hydrogens (primary N) is 1. The molecule has 4 aromatic rings. The van der Waals surface area contributed by atoms with Crippen LogP contribution in [0.1, 0.15) is 42.7 Å². The van der Waals surface area contributed by atoms with Gasteiger partial charge in [0.25, 0.3) is 0 Å². The molecule has 2 aromatic heterocycles. The molecule has 2 atom stereocenters. The Labute approximate surface area is 297 Å². The minimum absolute atomic E-state index is 0.00506. The van der Waals surface area contributed by atoms with Crippen molar-refractivity contribution in [3.8, 4) is 11.4 Å². The van der Waals surface area contributed by atoms with Gasteiger partial charge in [-0.2, -0.15) is 36.5 Å². The van der Waals surface area contributed by atoms with E-state index in [1.165, 1.54) is 28.2 Å². The van der Waals surface area contributed by atoms with E-state index in [1.807, 2.05) is 0 Å². The van der Waals surface area contributed by atoms with Crippen molar-refractivity contribution in [3.63, 3.8) is 0 Å². The highest BCUT2D eigenvalue weighted by molar-refractivity contribution is 7.99. The Morgan fingerprint density at radius 2 is 1.33 bits per heavy atom. The quantitative estimate of drug-likeness (QED) is 0.113. The topological polar surface area (TPSA) is 92.5 Å². The number of nitrogen functional groups attached to an aromatic ring is 1. The zero-order chi connectivity index (χ0) is 35.5. The van der Waals surface area contributed by atoms with Gasteiger partial charge in [-0.25, -0.2) is 14.4 Å². The van der Waals surface area contributed by atoms with E-state index in [-0.39, 0.29) is 72.9 Å². The Morgan fingerprint density at radius 1 is 0.854 bits per heavy atom. The lowest BCUT2D eigenvalue weighted by atomic mass is 10.2. The second-order valence-electron chi connectivity index (χ2n) is 10.2. The summed E-state index contributed by atoms with van der Waals surface area (Å²) in [6.45, 7) is 3.62. The summed E-state index contributed by atoms with van der Waals surface area (Å²) in [5.74, 6) is 0.0987. The van der Waals surface area contributed by atoms with E-state index in [0.29, 0.717) is 21.9 Å². The molecule has 2 N–H and O–H groups in total. The minimum Gasteiger partial charge on any atom is -0.383 e. The number of alkyl halides is 6. The second kappa shape index (κ2) is 13.8. The van der Waals surface area contributed by atoms with Gasteiger partial charge < -0.3 is 15.2 Å². The number of hydrogen-bond acceptors (Lipinski definition) is 8. The molecule has 1 fully saturated rings. The lowest BCUT2D eigenvalue weighted by Gasteiger charge is -2.14. The lowest BCUT2D eigenvalue weighted by molar-refractivity contribution is -0.138. The Morgan fingerprint density at radius 3 is 1.75 bits per heavy atom. The van der Waals surface area contributed by atoms with Gasteiger partial charge >= 0.3 is 12.4 Å². The first-order valence-corrected chi connectivity index (χ1v) is 17.4. The molecule has 0 amide bonds. The number of anilines is 1. The highest BCUT2D eigenvalue weighted by Crippen LogP contribution is 2.45. The highest BCUT2D eigenvalue weighted by atomic mass is 35.5. The van der Waals surface area contributed by atoms with Gasteiger partial charge in [0.1, 0.15) is 28.6 Å². The summed E-state index contributed by atoms with van der Waals surface area (Å²) < 4.78 is 94.7. The van der Waals surface area contributed by atoms with Gasteiger partial charge in [-0.05, 0) is 50.6 Å². The summed E-state index contributed by atoms with van der Waals surface area (Å²) in [4.78, 5) is 5.58. The molecule has 48 heavy (non-hydrogen) atoms. The van der Waals surface area contributed by atoms with E-state index in [4.69, 9.17) is 66.6 Å². The molecule has 258 valence electrons. The van der Waals surface area contributed by atoms with Crippen LogP contribution >= 0.6 is 69.9 Å². The van der Waals surface area contributed by atoms with Crippen molar-refractivity contribution in [2.24, 2.45) is 4.99 Å².